The summed E-state index contributed by atoms with van der Waals surface area (Å²) >= 11 is 0. The van der Waals surface area contributed by atoms with E-state index < -0.39 is 13.8 Å². The highest BCUT2D eigenvalue weighted by atomic mass is 31.2. The first-order valence-electron chi connectivity index (χ1n) is 6.36. The van der Waals surface area contributed by atoms with Gasteiger partial charge < -0.3 is 23.2 Å². The van der Waals surface area contributed by atoms with Gasteiger partial charge in [-0.1, -0.05) is 6.58 Å². The van der Waals surface area contributed by atoms with Crippen LogP contribution in [0.15, 0.2) is 12.7 Å². The Kier molecular flexibility index (Phi) is 8.93. The van der Waals surface area contributed by atoms with Crippen molar-refractivity contribution in [2.24, 2.45) is 0 Å². The molecule has 0 saturated heterocycles. The van der Waals surface area contributed by atoms with E-state index >= 15 is 0 Å². The van der Waals surface area contributed by atoms with Crippen molar-refractivity contribution in [1.82, 2.24) is 0 Å². The van der Waals surface area contributed by atoms with Gasteiger partial charge in [-0.15, -0.1) is 0 Å². The van der Waals surface area contributed by atoms with Crippen molar-refractivity contribution in [3.8, 4) is 0 Å². The summed E-state index contributed by atoms with van der Waals surface area (Å²) in [4.78, 5) is 22.0. The highest BCUT2D eigenvalue weighted by Crippen LogP contribution is 2.38. The summed E-state index contributed by atoms with van der Waals surface area (Å²) in [5.74, 6) is -0.629. The Hall–Kier alpha value is -0.720. The van der Waals surface area contributed by atoms with Crippen molar-refractivity contribution in [1.29, 1.82) is 0 Å². The lowest BCUT2D eigenvalue weighted by Crippen LogP contribution is -2.35. The van der Waals surface area contributed by atoms with Gasteiger partial charge in [-0.05, 0) is 12.8 Å². The third-order valence-corrected chi connectivity index (χ3v) is 3.21. The zero-order chi connectivity index (χ0) is 15.6. The molecule has 0 aliphatic rings. The fourth-order valence-electron chi connectivity index (χ4n) is 1.25. The average Bonchev–Trinajstić information content (AvgIpc) is 2.32. The molecule has 1 atom stereocenters. The molecule has 0 spiro atoms. The van der Waals surface area contributed by atoms with Gasteiger partial charge in [-0.3, -0.25) is 4.57 Å². The lowest BCUT2D eigenvalue weighted by molar-refractivity contribution is -0.870. The third kappa shape index (κ3) is 12.3. The molecule has 8 heteroatoms. The zero-order valence-corrected chi connectivity index (χ0v) is 13.3. The molecule has 0 fully saturated rings. The maximum atomic E-state index is 11.3. The van der Waals surface area contributed by atoms with Crippen molar-refractivity contribution in [3.63, 3.8) is 0 Å². The normalized spacial score (nSPS) is 14.6. The van der Waals surface area contributed by atoms with E-state index in [1.54, 1.807) is 0 Å². The molecule has 0 N–H and O–H groups in total. The molecule has 118 valence electrons. The monoisotopic (exact) mass is 309 g/mol. The molecular weight excluding hydrogens is 285 g/mol. The first-order valence-corrected chi connectivity index (χ1v) is 7.82. The molecule has 0 heterocycles. The Morgan fingerprint density at radius 2 is 1.80 bits per heavy atom. The number of carbonyl (C=O) groups is 1. The topological polar surface area (TPSA) is 84.9 Å². The van der Waals surface area contributed by atoms with E-state index in [2.05, 4.69) is 41.5 Å². The molecule has 7 nitrogen and oxygen atoms in total. The number of carbonyl (C=O) groups excluding carboxylic acids is 1. The first kappa shape index (κ1) is 19.3. The molecule has 0 aliphatic carbocycles. The van der Waals surface area contributed by atoms with Crippen LogP contribution in [0.4, 0.5) is 0 Å². The number of rotatable bonds is 11. The minimum Gasteiger partial charge on any atom is -0.756 e. The highest BCUT2D eigenvalue weighted by molar-refractivity contribution is 7.45. The molecule has 0 bridgehead atoms. The molecule has 0 aromatic carbocycles. The predicted octanol–water partition coefficient (Wildman–Crippen LogP) is 0.704. The highest BCUT2D eigenvalue weighted by Gasteiger charge is 2.10. The maximum Gasteiger partial charge on any atom is 0.330 e. The first-order chi connectivity index (χ1) is 9.16. The Balaban J connectivity index is 3.66. The summed E-state index contributed by atoms with van der Waals surface area (Å²) in [5, 5.41) is 0. The van der Waals surface area contributed by atoms with Gasteiger partial charge in [0.1, 0.15) is 6.61 Å². The van der Waals surface area contributed by atoms with Crippen LogP contribution < -0.4 is 4.89 Å². The van der Waals surface area contributed by atoms with Gasteiger partial charge in [-0.2, -0.15) is 0 Å². The molecule has 0 aliphatic heterocycles. The van der Waals surface area contributed by atoms with Crippen LogP contribution in [0.5, 0.6) is 0 Å². The SMILES string of the molecule is C=CC(=O)OCCOP(=O)([O-])OCCCC[N+](C)(C)C. The minimum absolute atomic E-state index is 0.0905. The number of hydrogen-bond donors (Lipinski definition) is 0. The maximum absolute atomic E-state index is 11.3. The van der Waals surface area contributed by atoms with E-state index in [0.29, 0.717) is 6.42 Å². The molecule has 0 aromatic rings. The summed E-state index contributed by atoms with van der Waals surface area (Å²) in [6, 6.07) is 0. The molecule has 0 radical (unpaired) electrons. The number of unbranched alkanes of at least 4 members (excludes halogenated alkanes) is 1. The second-order valence-corrected chi connectivity index (χ2v) is 6.62. The summed E-state index contributed by atoms with van der Waals surface area (Å²) < 4.78 is 25.9. The Bertz CT molecular complexity index is 352. The fourth-order valence-corrected chi connectivity index (χ4v) is 1.98. The molecule has 20 heavy (non-hydrogen) atoms. The summed E-state index contributed by atoms with van der Waals surface area (Å²) in [6.07, 6.45) is 2.48. The van der Waals surface area contributed by atoms with Crippen molar-refractivity contribution in [3.05, 3.63) is 12.7 Å². The summed E-state index contributed by atoms with van der Waals surface area (Å²) in [7, 11) is 1.87. The van der Waals surface area contributed by atoms with Gasteiger partial charge in [0.05, 0.1) is 40.9 Å². The summed E-state index contributed by atoms with van der Waals surface area (Å²) in [5.41, 5.74) is 0. The van der Waals surface area contributed by atoms with Crippen LogP contribution in [0.2, 0.25) is 0 Å². The van der Waals surface area contributed by atoms with Crippen LogP contribution in [-0.2, 0) is 23.1 Å². The number of esters is 1. The number of hydrogen-bond acceptors (Lipinski definition) is 6. The van der Waals surface area contributed by atoms with Crippen LogP contribution in [0, 0.1) is 0 Å². The van der Waals surface area contributed by atoms with E-state index in [1.807, 2.05) is 0 Å². The Morgan fingerprint density at radius 1 is 1.20 bits per heavy atom. The van der Waals surface area contributed by atoms with Gasteiger partial charge in [0.15, 0.2) is 0 Å². The van der Waals surface area contributed by atoms with Gasteiger partial charge in [0.25, 0.3) is 7.82 Å². The second kappa shape index (κ2) is 9.26. The molecule has 0 saturated carbocycles. The third-order valence-electron chi connectivity index (χ3n) is 2.22. The van der Waals surface area contributed by atoms with Crippen molar-refractivity contribution < 1.29 is 32.5 Å². The van der Waals surface area contributed by atoms with Crippen LogP contribution >= 0.6 is 7.82 Å². The van der Waals surface area contributed by atoms with E-state index in [-0.39, 0.29) is 19.8 Å². The van der Waals surface area contributed by atoms with E-state index in [4.69, 9.17) is 0 Å². The van der Waals surface area contributed by atoms with E-state index in [9.17, 15) is 14.3 Å². The van der Waals surface area contributed by atoms with Crippen LogP contribution in [0.1, 0.15) is 12.8 Å². The number of quaternary nitrogens is 1. The van der Waals surface area contributed by atoms with Crippen molar-refractivity contribution >= 4 is 13.8 Å². The average molecular weight is 309 g/mol. The van der Waals surface area contributed by atoms with E-state index in [1.165, 1.54) is 0 Å². The zero-order valence-electron chi connectivity index (χ0n) is 12.4. The minimum atomic E-state index is -4.31. The molecular formula is C12H24NO6P. The smallest absolute Gasteiger partial charge is 0.330 e. The largest absolute Gasteiger partial charge is 0.756 e. The number of phosphoric acid groups is 1. The Labute approximate surface area is 120 Å². The van der Waals surface area contributed by atoms with Crippen LogP contribution in [0.25, 0.3) is 0 Å². The quantitative estimate of drug-likeness (QED) is 0.184. The van der Waals surface area contributed by atoms with Gasteiger partial charge in [0.2, 0.25) is 0 Å². The van der Waals surface area contributed by atoms with Crippen LogP contribution in [0.3, 0.4) is 0 Å². The molecule has 0 amide bonds. The van der Waals surface area contributed by atoms with Gasteiger partial charge in [-0.25, -0.2) is 4.79 Å². The van der Waals surface area contributed by atoms with Gasteiger partial charge in [0, 0.05) is 6.08 Å². The predicted molar refractivity (Wildman–Crippen MR) is 72.8 cm³/mol. The van der Waals surface area contributed by atoms with Crippen molar-refractivity contribution in [2.75, 3.05) is 47.5 Å². The number of nitrogens with zero attached hydrogens (tertiary/aromatic N) is 1. The molecule has 0 aromatic heterocycles. The van der Waals surface area contributed by atoms with Crippen LogP contribution in [-0.4, -0.2) is 58.0 Å². The fraction of sp³-hybridized carbons (Fsp3) is 0.750. The van der Waals surface area contributed by atoms with Crippen molar-refractivity contribution in [2.45, 2.75) is 12.8 Å². The lowest BCUT2D eigenvalue weighted by atomic mass is 10.3. The summed E-state index contributed by atoms with van der Waals surface area (Å²) in [6.45, 7) is 3.80. The lowest BCUT2D eigenvalue weighted by Gasteiger charge is -2.25. The number of phosphoric ester groups is 1. The van der Waals surface area contributed by atoms with Gasteiger partial charge >= 0.3 is 5.97 Å². The second-order valence-electron chi connectivity index (χ2n) is 5.21. The van der Waals surface area contributed by atoms with E-state index in [0.717, 1.165) is 23.5 Å². The standard InChI is InChI=1S/C12H24NO6P/c1-5-12(14)17-10-11-19-20(15,16)18-9-7-6-8-13(2,3)4/h5H,1,6-11H2,2-4H3. The molecule has 0 rings (SSSR count). The Morgan fingerprint density at radius 3 is 2.35 bits per heavy atom. The number of ether oxygens (including phenoxy) is 1. The molecule has 1 unspecified atom stereocenters.